The van der Waals surface area contributed by atoms with Crippen molar-refractivity contribution in [1.29, 1.82) is 0 Å². The average molecular weight is 278 g/mol. The Morgan fingerprint density at radius 1 is 0.905 bits per heavy atom. The monoisotopic (exact) mass is 278 g/mol. The van der Waals surface area contributed by atoms with Crippen LogP contribution >= 0.6 is 0 Å². The van der Waals surface area contributed by atoms with Crippen molar-refractivity contribution in [3.05, 3.63) is 64.7 Å². The number of ether oxygens (including phenoxy) is 1. The van der Waals surface area contributed by atoms with E-state index in [1.165, 1.54) is 17.5 Å². The highest BCUT2D eigenvalue weighted by atomic mass is 16.5. The molecule has 2 heteroatoms. The van der Waals surface area contributed by atoms with Crippen molar-refractivity contribution in [3.63, 3.8) is 0 Å². The maximum Gasteiger partial charge on any atom is 0.193 e. The quantitative estimate of drug-likeness (QED) is 0.792. The second-order valence-electron chi connectivity index (χ2n) is 6.01. The summed E-state index contributed by atoms with van der Waals surface area (Å²) in [5, 5.41) is 0. The van der Waals surface area contributed by atoms with Crippen LogP contribution in [-0.4, -0.2) is 11.9 Å². The van der Waals surface area contributed by atoms with E-state index in [1.54, 1.807) is 0 Å². The molecule has 0 heterocycles. The molecule has 1 saturated carbocycles. The van der Waals surface area contributed by atoms with Crippen LogP contribution in [0, 0.1) is 0 Å². The van der Waals surface area contributed by atoms with Crippen LogP contribution < -0.4 is 4.74 Å². The minimum absolute atomic E-state index is 0.0997. The number of carbonyl (C=O) groups is 1. The van der Waals surface area contributed by atoms with Crippen molar-refractivity contribution < 1.29 is 9.53 Å². The highest BCUT2D eigenvalue weighted by molar-refractivity contribution is 6.09. The molecule has 1 fully saturated rings. The van der Waals surface area contributed by atoms with Crippen LogP contribution in [0.2, 0.25) is 0 Å². The SMILES string of the molecule is O=C(c1ccc(OC2CC2)cc1)c1ccc2c(c1)CCC2. The molecule has 2 nitrogen and oxygen atoms in total. The summed E-state index contributed by atoms with van der Waals surface area (Å²) in [7, 11) is 0. The Labute approximate surface area is 124 Å². The van der Waals surface area contributed by atoms with Gasteiger partial charge in [-0.3, -0.25) is 4.79 Å². The fourth-order valence-corrected chi connectivity index (χ4v) is 2.94. The molecule has 0 spiro atoms. The molecule has 0 N–H and O–H groups in total. The first-order valence-electron chi connectivity index (χ1n) is 7.73. The lowest BCUT2D eigenvalue weighted by molar-refractivity contribution is 0.103. The van der Waals surface area contributed by atoms with E-state index in [1.807, 2.05) is 30.3 Å². The zero-order valence-electron chi connectivity index (χ0n) is 12.0. The Bertz CT molecular complexity index is 681. The highest BCUT2D eigenvalue weighted by Crippen LogP contribution is 2.27. The number of aryl methyl sites for hydroxylation is 2. The van der Waals surface area contributed by atoms with Gasteiger partial charge in [0, 0.05) is 11.1 Å². The van der Waals surface area contributed by atoms with Gasteiger partial charge in [-0.2, -0.15) is 0 Å². The lowest BCUT2D eigenvalue weighted by Crippen LogP contribution is -2.03. The molecule has 0 aliphatic heterocycles. The summed E-state index contributed by atoms with van der Waals surface area (Å²) >= 11 is 0. The maximum atomic E-state index is 12.6. The standard InChI is InChI=1S/C19H18O2/c20-19(16-5-4-13-2-1-3-15(13)12-16)14-6-8-17(9-7-14)21-18-10-11-18/h4-9,12,18H,1-3,10-11H2. The molecule has 106 valence electrons. The number of benzene rings is 2. The summed E-state index contributed by atoms with van der Waals surface area (Å²) in [6, 6.07) is 13.7. The smallest absolute Gasteiger partial charge is 0.193 e. The van der Waals surface area contributed by atoms with Gasteiger partial charge in [-0.1, -0.05) is 12.1 Å². The minimum Gasteiger partial charge on any atom is -0.490 e. The van der Waals surface area contributed by atoms with E-state index in [2.05, 4.69) is 12.1 Å². The molecular weight excluding hydrogens is 260 g/mol. The van der Waals surface area contributed by atoms with E-state index in [0.717, 1.165) is 42.6 Å². The number of carbonyl (C=O) groups excluding carboxylic acids is 1. The molecule has 0 saturated heterocycles. The summed E-state index contributed by atoms with van der Waals surface area (Å²) in [6.07, 6.45) is 6.15. The Morgan fingerprint density at radius 3 is 2.38 bits per heavy atom. The Hall–Kier alpha value is -2.09. The predicted octanol–water partition coefficient (Wildman–Crippen LogP) is 3.95. The Kier molecular flexibility index (Phi) is 3.03. The van der Waals surface area contributed by atoms with Crippen LogP contribution in [0.1, 0.15) is 46.3 Å². The molecule has 2 aromatic rings. The van der Waals surface area contributed by atoms with E-state index in [9.17, 15) is 4.79 Å². The van der Waals surface area contributed by atoms with Gasteiger partial charge in [-0.05, 0) is 73.6 Å². The number of ketones is 1. The molecule has 0 radical (unpaired) electrons. The van der Waals surface area contributed by atoms with Crippen molar-refractivity contribution in [1.82, 2.24) is 0 Å². The van der Waals surface area contributed by atoms with Crippen LogP contribution in [0.4, 0.5) is 0 Å². The van der Waals surface area contributed by atoms with Gasteiger partial charge in [-0.25, -0.2) is 0 Å². The van der Waals surface area contributed by atoms with Gasteiger partial charge in [0.1, 0.15) is 5.75 Å². The fraction of sp³-hybridized carbons (Fsp3) is 0.316. The van der Waals surface area contributed by atoms with E-state index in [4.69, 9.17) is 4.74 Å². The van der Waals surface area contributed by atoms with Crippen molar-refractivity contribution in [3.8, 4) is 5.75 Å². The first-order chi connectivity index (χ1) is 10.3. The van der Waals surface area contributed by atoms with Gasteiger partial charge >= 0.3 is 0 Å². The van der Waals surface area contributed by atoms with E-state index >= 15 is 0 Å². The second kappa shape index (κ2) is 5.03. The summed E-state index contributed by atoms with van der Waals surface area (Å²) in [6.45, 7) is 0. The third-order valence-electron chi connectivity index (χ3n) is 4.30. The number of hydrogen-bond donors (Lipinski definition) is 0. The average Bonchev–Trinajstić information content (AvgIpc) is 3.21. The molecule has 0 unspecified atom stereocenters. The van der Waals surface area contributed by atoms with Crippen LogP contribution in [0.15, 0.2) is 42.5 Å². The topological polar surface area (TPSA) is 26.3 Å². The first kappa shape index (κ1) is 12.6. The maximum absolute atomic E-state index is 12.6. The highest BCUT2D eigenvalue weighted by Gasteiger charge is 2.23. The van der Waals surface area contributed by atoms with Gasteiger partial charge < -0.3 is 4.74 Å². The Morgan fingerprint density at radius 2 is 1.62 bits per heavy atom. The molecule has 21 heavy (non-hydrogen) atoms. The lowest BCUT2D eigenvalue weighted by Gasteiger charge is -2.07. The van der Waals surface area contributed by atoms with Crippen LogP contribution in [0.25, 0.3) is 0 Å². The van der Waals surface area contributed by atoms with Gasteiger partial charge in [0.05, 0.1) is 6.10 Å². The van der Waals surface area contributed by atoms with E-state index in [-0.39, 0.29) is 5.78 Å². The summed E-state index contributed by atoms with van der Waals surface area (Å²) in [5.74, 6) is 0.964. The fourth-order valence-electron chi connectivity index (χ4n) is 2.94. The first-order valence-corrected chi connectivity index (χ1v) is 7.73. The number of fused-ring (bicyclic) bond motifs is 1. The van der Waals surface area contributed by atoms with Crippen molar-refractivity contribution in [2.24, 2.45) is 0 Å². The summed E-state index contributed by atoms with van der Waals surface area (Å²) in [4.78, 5) is 12.6. The number of hydrogen-bond acceptors (Lipinski definition) is 2. The molecule has 0 atom stereocenters. The predicted molar refractivity (Wildman–Crippen MR) is 82.0 cm³/mol. The lowest BCUT2D eigenvalue weighted by atomic mass is 9.99. The Balaban J connectivity index is 1.55. The molecule has 4 rings (SSSR count). The zero-order chi connectivity index (χ0) is 14.2. The number of rotatable bonds is 4. The molecule has 2 aliphatic rings. The third kappa shape index (κ3) is 2.58. The normalized spacial score (nSPS) is 16.6. The van der Waals surface area contributed by atoms with E-state index in [0.29, 0.717) is 6.10 Å². The molecular formula is C19H18O2. The summed E-state index contributed by atoms with van der Waals surface area (Å²) < 4.78 is 5.71. The second-order valence-corrected chi connectivity index (χ2v) is 6.01. The van der Waals surface area contributed by atoms with Crippen LogP contribution in [-0.2, 0) is 12.8 Å². The minimum atomic E-state index is 0.0997. The van der Waals surface area contributed by atoms with Gasteiger partial charge in [0.2, 0.25) is 0 Å². The molecule has 0 bridgehead atoms. The molecule has 2 aliphatic carbocycles. The van der Waals surface area contributed by atoms with Crippen molar-refractivity contribution in [2.75, 3.05) is 0 Å². The van der Waals surface area contributed by atoms with Crippen LogP contribution in [0.5, 0.6) is 5.75 Å². The van der Waals surface area contributed by atoms with Gasteiger partial charge in [0.25, 0.3) is 0 Å². The van der Waals surface area contributed by atoms with Crippen molar-refractivity contribution in [2.45, 2.75) is 38.2 Å². The zero-order valence-corrected chi connectivity index (χ0v) is 12.0. The van der Waals surface area contributed by atoms with Gasteiger partial charge in [-0.15, -0.1) is 0 Å². The molecule has 2 aromatic carbocycles. The summed E-state index contributed by atoms with van der Waals surface area (Å²) in [5.41, 5.74) is 4.27. The molecule has 0 amide bonds. The molecule has 0 aromatic heterocycles. The third-order valence-corrected chi connectivity index (χ3v) is 4.30. The van der Waals surface area contributed by atoms with E-state index < -0.39 is 0 Å². The van der Waals surface area contributed by atoms with Crippen LogP contribution in [0.3, 0.4) is 0 Å². The van der Waals surface area contributed by atoms with Crippen molar-refractivity contribution >= 4 is 5.78 Å². The largest absolute Gasteiger partial charge is 0.490 e. The van der Waals surface area contributed by atoms with Gasteiger partial charge in [0.15, 0.2) is 5.78 Å².